The zero-order chi connectivity index (χ0) is 16.4. The Kier molecular flexibility index (Phi) is 7.77. The summed E-state index contributed by atoms with van der Waals surface area (Å²) in [5.41, 5.74) is 0.630. The van der Waals surface area contributed by atoms with E-state index >= 15 is 0 Å². The van der Waals surface area contributed by atoms with E-state index in [1.54, 1.807) is 30.6 Å². The van der Waals surface area contributed by atoms with Crippen molar-refractivity contribution in [3.8, 4) is 11.5 Å². The van der Waals surface area contributed by atoms with Crippen molar-refractivity contribution in [2.24, 2.45) is 0 Å². The van der Waals surface area contributed by atoms with Crippen molar-refractivity contribution in [2.45, 2.75) is 13.8 Å². The molecule has 0 aromatic heterocycles. The van der Waals surface area contributed by atoms with Gasteiger partial charge in [-0.3, -0.25) is 9.59 Å². The molecule has 122 valence electrons. The number of nitrogens with one attached hydrogen (secondary N) is 2. The van der Waals surface area contributed by atoms with Gasteiger partial charge in [0.1, 0.15) is 0 Å². The van der Waals surface area contributed by atoms with Crippen molar-refractivity contribution in [2.75, 3.05) is 38.7 Å². The largest absolute Gasteiger partial charge is 0.490 e. The summed E-state index contributed by atoms with van der Waals surface area (Å²) in [5, 5.41) is 6.89. The van der Waals surface area contributed by atoms with Gasteiger partial charge >= 0.3 is 0 Å². The molecule has 0 radical (unpaired) electrons. The Hall–Kier alpha value is -2.28. The third kappa shape index (κ3) is 6.01. The van der Waals surface area contributed by atoms with E-state index in [4.69, 9.17) is 9.47 Å². The predicted molar refractivity (Wildman–Crippen MR) is 83.1 cm³/mol. The lowest BCUT2D eigenvalue weighted by Crippen LogP contribution is -2.88. The summed E-state index contributed by atoms with van der Waals surface area (Å²) < 4.78 is 11.0. The van der Waals surface area contributed by atoms with Crippen LogP contribution in [0.4, 0.5) is 5.69 Å². The van der Waals surface area contributed by atoms with Crippen molar-refractivity contribution in [1.29, 1.82) is 0 Å². The second kappa shape index (κ2) is 9.62. The molecule has 7 nitrogen and oxygen atoms in total. The Labute approximate surface area is 130 Å². The van der Waals surface area contributed by atoms with E-state index in [-0.39, 0.29) is 24.9 Å². The average molecular weight is 310 g/mol. The van der Waals surface area contributed by atoms with Gasteiger partial charge in [-0.2, -0.15) is 0 Å². The van der Waals surface area contributed by atoms with Crippen LogP contribution < -0.4 is 25.4 Å². The van der Waals surface area contributed by atoms with Crippen molar-refractivity contribution in [3.63, 3.8) is 0 Å². The summed E-state index contributed by atoms with van der Waals surface area (Å²) in [7, 11) is 1.56. The highest BCUT2D eigenvalue weighted by molar-refractivity contribution is 5.91. The van der Waals surface area contributed by atoms with Gasteiger partial charge in [0, 0.05) is 18.8 Å². The van der Waals surface area contributed by atoms with Gasteiger partial charge in [-0.15, -0.1) is 0 Å². The van der Waals surface area contributed by atoms with E-state index in [1.807, 2.05) is 13.8 Å². The van der Waals surface area contributed by atoms with Crippen LogP contribution in [0.1, 0.15) is 13.8 Å². The van der Waals surface area contributed by atoms with Gasteiger partial charge in [-0.05, 0) is 26.0 Å². The van der Waals surface area contributed by atoms with Crippen molar-refractivity contribution >= 4 is 17.5 Å². The van der Waals surface area contributed by atoms with Crippen LogP contribution in [0.25, 0.3) is 0 Å². The van der Waals surface area contributed by atoms with E-state index in [0.717, 1.165) is 0 Å². The monoisotopic (exact) mass is 310 g/mol. The molecule has 0 aliphatic carbocycles. The quantitative estimate of drug-likeness (QED) is 0.585. The minimum Gasteiger partial charge on any atom is -0.490 e. The highest BCUT2D eigenvalue weighted by Gasteiger charge is 2.10. The summed E-state index contributed by atoms with van der Waals surface area (Å²) >= 11 is 0. The number of anilines is 1. The topological polar surface area (TPSA) is 93.3 Å². The van der Waals surface area contributed by atoms with Crippen LogP contribution in [0.5, 0.6) is 11.5 Å². The molecule has 22 heavy (non-hydrogen) atoms. The molecular formula is C15H24N3O4+. The van der Waals surface area contributed by atoms with E-state index in [2.05, 4.69) is 10.6 Å². The highest BCUT2D eigenvalue weighted by Crippen LogP contribution is 2.30. The molecule has 1 rings (SSSR count). The maximum Gasteiger partial charge on any atom is 0.279 e. The van der Waals surface area contributed by atoms with Crippen LogP contribution in [-0.4, -0.2) is 45.2 Å². The van der Waals surface area contributed by atoms with Gasteiger partial charge in [0.2, 0.25) is 0 Å². The number of nitrogens with two attached hydrogens (primary N) is 1. The number of quaternary nitrogens is 1. The molecular weight excluding hydrogens is 286 g/mol. The Morgan fingerprint density at radius 2 is 1.68 bits per heavy atom. The zero-order valence-electron chi connectivity index (χ0n) is 13.3. The van der Waals surface area contributed by atoms with Gasteiger partial charge in [0.25, 0.3) is 11.8 Å². The summed E-state index contributed by atoms with van der Waals surface area (Å²) in [6.07, 6.45) is 0. The van der Waals surface area contributed by atoms with E-state index in [0.29, 0.717) is 30.4 Å². The molecule has 0 aliphatic rings. The van der Waals surface area contributed by atoms with Crippen LogP contribution in [0, 0.1) is 0 Å². The lowest BCUT2D eigenvalue weighted by Gasteiger charge is -2.12. The molecule has 0 spiro atoms. The highest BCUT2D eigenvalue weighted by atomic mass is 16.5. The van der Waals surface area contributed by atoms with E-state index in [1.165, 1.54) is 0 Å². The summed E-state index contributed by atoms with van der Waals surface area (Å²) in [5.74, 6) is 0.938. The number of carbonyl (C=O) groups excluding carboxylic acids is 2. The molecule has 0 heterocycles. The van der Waals surface area contributed by atoms with Crippen molar-refractivity contribution < 1.29 is 24.4 Å². The number of carbonyl (C=O) groups is 2. The maximum atomic E-state index is 11.8. The van der Waals surface area contributed by atoms with Gasteiger partial charge in [0.05, 0.1) is 13.2 Å². The number of benzene rings is 1. The van der Waals surface area contributed by atoms with Gasteiger partial charge < -0.3 is 25.4 Å². The summed E-state index contributed by atoms with van der Waals surface area (Å²) in [4.78, 5) is 22.9. The fourth-order valence-electron chi connectivity index (χ4n) is 1.78. The third-order valence-electron chi connectivity index (χ3n) is 2.77. The van der Waals surface area contributed by atoms with E-state index < -0.39 is 0 Å². The lowest BCUT2D eigenvalue weighted by molar-refractivity contribution is -0.632. The first-order valence-corrected chi connectivity index (χ1v) is 7.32. The van der Waals surface area contributed by atoms with Crippen LogP contribution >= 0.6 is 0 Å². The molecule has 0 saturated carbocycles. The minimum absolute atomic E-state index is 0.118. The molecule has 0 saturated heterocycles. The molecule has 1 aromatic rings. The summed E-state index contributed by atoms with van der Waals surface area (Å²) in [6, 6.07) is 5.24. The lowest BCUT2D eigenvalue weighted by atomic mass is 10.2. The molecule has 0 fully saturated rings. The average Bonchev–Trinajstić information content (AvgIpc) is 2.50. The number of amides is 2. The molecule has 0 unspecified atom stereocenters. The fraction of sp³-hybridized carbons (Fsp3) is 0.467. The molecule has 0 bridgehead atoms. The minimum atomic E-state index is -0.185. The first-order chi connectivity index (χ1) is 10.6. The number of hydrogen-bond acceptors (Lipinski definition) is 4. The number of rotatable bonds is 9. The van der Waals surface area contributed by atoms with Crippen molar-refractivity contribution in [1.82, 2.24) is 5.32 Å². The van der Waals surface area contributed by atoms with Crippen LogP contribution in [-0.2, 0) is 9.59 Å². The van der Waals surface area contributed by atoms with Gasteiger partial charge in [-0.1, -0.05) is 0 Å². The third-order valence-corrected chi connectivity index (χ3v) is 2.77. The first kappa shape index (κ1) is 17.8. The van der Waals surface area contributed by atoms with E-state index in [9.17, 15) is 9.59 Å². The predicted octanol–water partition coefficient (Wildman–Crippen LogP) is -0.268. The zero-order valence-corrected chi connectivity index (χ0v) is 13.3. The Morgan fingerprint density at radius 1 is 1.05 bits per heavy atom. The SMILES string of the molecule is CCOc1ccc(NC(=O)C[NH2+]CC(=O)NC)cc1OCC. The Bertz CT molecular complexity index is 506. The second-order valence-electron chi connectivity index (χ2n) is 4.45. The van der Waals surface area contributed by atoms with Crippen molar-refractivity contribution in [3.05, 3.63) is 18.2 Å². The molecule has 4 N–H and O–H groups in total. The second-order valence-corrected chi connectivity index (χ2v) is 4.45. The maximum absolute atomic E-state index is 11.8. The molecule has 1 aromatic carbocycles. The smallest absolute Gasteiger partial charge is 0.279 e. The molecule has 0 atom stereocenters. The Balaban J connectivity index is 2.59. The normalized spacial score (nSPS) is 9.95. The van der Waals surface area contributed by atoms with Crippen LogP contribution in [0.3, 0.4) is 0 Å². The molecule has 0 aliphatic heterocycles. The first-order valence-electron chi connectivity index (χ1n) is 7.32. The van der Waals surface area contributed by atoms with Gasteiger partial charge in [0.15, 0.2) is 24.6 Å². The number of hydrogen-bond donors (Lipinski definition) is 3. The van der Waals surface area contributed by atoms with Gasteiger partial charge in [-0.25, -0.2) is 0 Å². The molecule has 7 heteroatoms. The van der Waals surface area contributed by atoms with Crippen LogP contribution in [0.2, 0.25) is 0 Å². The standard InChI is InChI=1S/C15H23N3O4/c1-4-21-12-7-6-11(8-13(12)22-5-2)18-15(20)10-17-9-14(19)16-3/h6-8,17H,4-5,9-10H2,1-3H3,(H,16,19)(H,18,20)/p+1. The summed E-state index contributed by atoms with van der Waals surface area (Å²) in [6.45, 7) is 5.22. The fourth-order valence-corrected chi connectivity index (χ4v) is 1.78. The Morgan fingerprint density at radius 3 is 2.32 bits per heavy atom. The molecule has 2 amide bonds. The van der Waals surface area contributed by atoms with Crippen LogP contribution in [0.15, 0.2) is 18.2 Å². The number of likely N-dealkylation sites (N-methyl/N-ethyl adjacent to an activating group) is 1. The number of ether oxygens (including phenoxy) is 2.